The maximum atomic E-state index is 12.9. The lowest BCUT2D eigenvalue weighted by Gasteiger charge is -2.26. The Morgan fingerprint density at radius 2 is 2.03 bits per heavy atom. The fourth-order valence-corrected chi connectivity index (χ4v) is 5.78. The van der Waals surface area contributed by atoms with Gasteiger partial charge in [-0.25, -0.2) is 18.2 Å². The summed E-state index contributed by atoms with van der Waals surface area (Å²) in [6, 6.07) is 3.99. The number of halogens is 1. The first-order valence-electron chi connectivity index (χ1n) is 9.51. The maximum Gasteiger partial charge on any atom is 0.338 e. The predicted molar refractivity (Wildman–Crippen MR) is 116 cm³/mol. The van der Waals surface area contributed by atoms with Crippen LogP contribution in [0.5, 0.6) is 0 Å². The molecular formula is C19H22ClN3O6S2. The summed E-state index contributed by atoms with van der Waals surface area (Å²) in [6.45, 7) is 4.69. The second-order valence-electron chi connectivity index (χ2n) is 6.62. The van der Waals surface area contributed by atoms with Crippen molar-refractivity contribution in [3.05, 3.63) is 39.9 Å². The van der Waals surface area contributed by atoms with Crippen molar-refractivity contribution in [1.29, 1.82) is 0 Å². The van der Waals surface area contributed by atoms with Gasteiger partial charge in [0.25, 0.3) is 0 Å². The minimum absolute atomic E-state index is 0.0241. The van der Waals surface area contributed by atoms with Crippen LogP contribution in [-0.4, -0.2) is 62.4 Å². The van der Waals surface area contributed by atoms with Crippen molar-refractivity contribution in [2.45, 2.75) is 25.3 Å². The third kappa shape index (κ3) is 5.42. The van der Waals surface area contributed by atoms with Crippen LogP contribution in [0.1, 0.15) is 29.9 Å². The Hall–Kier alpha value is -2.05. The van der Waals surface area contributed by atoms with Crippen LogP contribution in [0.15, 0.2) is 28.5 Å². The summed E-state index contributed by atoms with van der Waals surface area (Å²) >= 11 is 7.39. The van der Waals surface area contributed by atoms with Gasteiger partial charge in [-0.3, -0.25) is 9.69 Å². The first-order valence-corrected chi connectivity index (χ1v) is 12.2. The molecule has 1 aromatic carbocycles. The van der Waals surface area contributed by atoms with Gasteiger partial charge in [-0.15, -0.1) is 11.3 Å². The lowest BCUT2D eigenvalue weighted by atomic mass is 10.2. The van der Waals surface area contributed by atoms with Crippen molar-refractivity contribution in [1.82, 2.24) is 9.29 Å². The van der Waals surface area contributed by atoms with Gasteiger partial charge in [0.1, 0.15) is 11.5 Å². The van der Waals surface area contributed by atoms with Crippen LogP contribution in [0.4, 0.5) is 5.13 Å². The van der Waals surface area contributed by atoms with Gasteiger partial charge >= 0.3 is 5.97 Å². The summed E-state index contributed by atoms with van der Waals surface area (Å²) in [5, 5.41) is 2.24. The number of morpholine rings is 1. The molecular weight excluding hydrogens is 466 g/mol. The first kappa shape index (κ1) is 23.6. The number of carbonyl (C=O) groups excluding carboxylic acids is 2. The molecule has 1 aliphatic rings. The number of hydrogen-bond donors (Lipinski definition) is 0. The molecule has 12 heteroatoms. The number of sulfonamides is 1. The molecule has 2 heterocycles. The van der Waals surface area contributed by atoms with E-state index in [1.165, 1.54) is 45.7 Å². The topological polar surface area (TPSA) is 106 Å². The summed E-state index contributed by atoms with van der Waals surface area (Å²) in [4.78, 5) is 29.8. The minimum atomic E-state index is -3.87. The summed E-state index contributed by atoms with van der Waals surface area (Å²) in [5.74, 6) is -0.834. The SMILES string of the molecule is CCN(C(C)=O)c1nc(COC(=O)c2ccc(Cl)c(S(=O)(=O)N3CCOCC3)c2)cs1. The molecule has 0 spiro atoms. The van der Waals surface area contributed by atoms with E-state index in [2.05, 4.69) is 4.98 Å². The highest BCUT2D eigenvalue weighted by Crippen LogP contribution is 2.27. The highest BCUT2D eigenvalue weighted by Gasteiger charge is 2.29. The number of anilines is 1. The number of ether oxygens (including phenoxy) is 2. The molecule has 31 heavy (non-hydrogen) atoms. The summed E-state index contributed by atoms with van der Waals surface area (Å²) in [6.07, 6.45) is 0. The number of benzene rings is 1. The Morgan fingerprint density at radius 3 is 2.68 bits per heavy atom. The lowest BCUT2D eigenvalue weighted by Crippen LogP contribution is -2.40. The van der Waals surface area contributed by atoms with Gasteiger partial charge in [0.15, 0.2) is 5.13 Å². The van der Waals surface area contributed by atoms with Crippen molar-refractivity contribution < 1.29 is 27.5 Å². The number of amides is 1. The Morgan fingerprint density at radius 1 is 1.32 bits per heavy atom. The molecule has 9 nitrogen and oxygen atoms in total. The molecule has 1 aromatic heterocycles. The summed E-state index contributed by atoms with van der Waals surface area (Å²) in [5.41, 5.74) is 0.550. The molecule has 3 rings (SSSR count). The van der Waals surface area contributed by atoms with E-state index in [0.29, 0.717) is 30.6 Å². The molecule has 0 aliphatic carbocycles. The molecule has 0 saturated carbocycles. The largest absolute Gasteiger partial charge is 0.456 e. The minimum Gasteiger partial charge on any atom is -0.456 e. The van der Waals surface area contributed by atoms with Gasteiger partial charge in [0.2, 0.25) is 15.9 Å². The van der Waals surface area contributed by atoms with Gasteiger partial charge in [-0.2, -0.15) is 4.31 Å². The van der Waals surface area contributed by atoms with E-state index < -0.39 is 16.0 Å². The normalized spacial score (nSPS) is 14.9. The van der Waals surface area contributed by atoms with E-state index in [1.807, 2.05) is 6.92 Å². The average molecular weight is 488 g/mol. The zero-order chi connectivity index (χ0) is 22.6. The quantitative estimate of drug-likeness (QED) is 0.552. The first-order chi connectivity index (χ1) is 14.7. The van der Waals surface area contributed by atoms with E-state index in [9.17, 15) is 18.0 Å². The Labute approximate surface area is 189 Å². The molecule has 0 unspecified atom stereocenters. The number of nitrogens with zero attached hydrogens (tertiary/aromatic N) is 3. The second kappa shape index (κ2) is 10.0. The standard InChI is InChI=1S/C19H22ClN3O6S2/c1-3-23(13(2)24)19-21-15(12-30-19)11-29-18(25)14-4-5-16(20)17(10-14)31(26,27)22-6-8-28-9-7-22/h4-5,10,12H,3,6-9,11H2,1-2H3. The van der Waals surface area contributed by atoms with E-state index in [-0.39, 0.29) is 41.1 Å². The Kier molecular flexibility index (Phi) is 7.65. The van der Waals surface area contributed by atoms with Gasteiger partial charge in [0.05, 0.1) is 29.5 Å². The average Bonchev–Trinajstić information content (AvgIpc) is 3.21. The highest BCUT2D eigenvalue weighted by molar-refractivity contribution is 7.89. The van der Waals surface area contributed by atoms with Gasteiger partial charge in [-0.05, 0) is 25.1 Å². The molecule has 0 N–H and O–H groups in total. The van der Waals surface area contributed by atoms with Crippen molar-refractivity contribution >= 4 is 50.0 Å². The maximum absolute atomic E-state index is 12.9. The molecule has 2 aromatic rings. The monoisotopic (exact) mass is 487 g/mol. The fourth-order valence-electron chi connectivity index (χ4n) is 2.96. The van der Waals surface area contributed by atoms with Gasteiger partial charge < -0.3 is 9.47 Å². The number of carbonyl (C=O) groups is 2. The molecule has 1 aliphatic heterocycles. The van der Waals surface area contributed by atoms with Crippen LogP contribution in [0.3, 0.4) is 0 Å². The number of rotatable bonds is 7. The molecule has 1 saturated heterocycles. The van der Waals surface area contributed by atoms with E-state index >= 15 is 0 Å². The van der Waals surface area contributed by atoms with Gasteiger partial charge in [-0.1, -0.05) is 11.6 Å². The van der Waals surface area contributed by atoms with Crippen molar-refractivity contribution in [3.63, 3.8) is 0 Å². The Bertz CT molecular complexity index is 1070. The van der Waals surface area contributed by atoms with Crippen molar-refractivity contribution in [2.75, 3.05) is 37.7 Å². The zero-order valence-corrected chi connectivity index (χ0v) is 19.4. The molecule has 1 amide bonds. The van der Waals surface area contributed by atoms with Crippen molar-refractivity contribution in [2.24, 2.45) is 0 Å². The summed E-state index contributed by atoms with van der Waals surface area (Å²) in [7, 11) is -3.87. The van der Waals surface area contributed by atoms with Crippen LogP contribution in [0.25, 0.3) is 0 Å². The number of thiazole rings is 1. The molecule has 0 radical (unpaired) electrons. The predicted octanol–water partition coefficient (Wildman–Crippen LogP) is 2.55. The van der Waals surface area contributed by atoms with E-state index in [4.69, 9.17) is 21.1 Å². The van der Waals surface area contributed by atoms with Crippen LogP contribution < -0.4 is 4.90 Å². The number of esters is 1. The third-order valence-corrected chi connectivity index (χ3v) is 7.87. The number of hydrogen-bond acceptors (Lipinski definition) is 8. The molecule has 0 atom stereocenters. The Balaban J connectivity index is 1.72. The fraction of sp³-hybridized carbons (Fsp3) is 0.421. The smallest absolute Gasteiger partial charge is 0.338 e. The van der Waals surface area contributed by atoms with Gasteiger partial charge in [0, 0.05) is 31.9 Å². The molecule has 1 fully saturated rings. The van der Waals surface area contributed by atoms with Crippen LogP contribution in [-0.2, 0) is 30.9 Å². The lowest BCUT2D eigenvalue weighted by molar-refractivity contribution is -0.116. The molecule has 168 valence electrons. The van der Waals surface area contributed by atoms with Crippen molar-refractivity contribution in [3.8, 4) is 0 Å². The van der Waals surface area contributed by atoms with Crippen LogP contribution in [0, 0.1) is 0 Å². The zero-order valence-electron chi connectivity index (χ0n) is 17.0. The van der Waals surface area contributed by atoms with E-state index in [1.54, 1.807) is 5.38 Å². The molecule has 0 bridgehead atoms. The second-order valence-corrected chi connectivity index (χ2v) is 9.77. The van der Waals surface area contributed by atoms with Crippen LogP contribution in [0.2, 0.25) is 5.02 Å². The third-order valence-electron chi connectivity index (χ3n) is 4.57. The number of aromatic nitrogens is 1. The summed E-state index contributed by atoms with van der Waals surface area (Å²) < 4.78 is 37.6. The van der Waals surface area contributed by atoms with E-state index in [0.717, 1.165) is 0 Å². The highest BCUT2D eigenvalue weighted by atomic mass is 35.5. The van der Waals surface area contributed by atoms with Crippen LogP contribution >= 0.6 is 22.9 Å².